The fourth-order valence-electron chi connectivity index (χ4n) is 5.75. The standard InChI is InChI=1S/C19H31NO3/c1-3-6-20(7-5-17(21)23-4-2)18(22)19-11-14-8-15(12-19)10-16(9-14)13-19/h14-16H,3-13H2,1-2H3. The zero-order valence-electron chi connectivity index (χ0n) is 14.7. The quantitative estimate of drug-likeness (QED) is 0.675. The highest BCUT2D eigenvalue weighted by Crippen LogP contribution is 2.60. The third-order valence-electron chi connectivity index (χ3n) is 6.16. The molecule has 4 aliphatic rings. The Bertz CT molecular complexity index is 424. The van der Waals surface area contributed by atoms with Crippen molar-refractivity contribution < 1.29 is 14.3 Å². The highest BCUT2D eigenvalue weighted by molar-refractivity contribution is 5.84. The molecule has 4 saturated carbocycles. The molecule has 4 bridgehead atoms. The van der Waals surface area contributed by atoms with E-state index >= 15 is 0 Å². The van der Waals surface area contributed by atoms with Gasteiger partial charge < -0.3 is 9.64 Å². The van der Waals surface area contributed by atoms with Gasteiger partial charge in [0.1, 0.15) is 0 Å². The minimum Gasteiger partial charge on any atom is -0.466 e. The molecule has 0 saturated heterocycles. The summed E-state index contributed by atoms with van der Waals surface area (Å²) in [5, 5.41) is 0. The topological polar surface area (TPSA) is 46.6 Å². The minimum absolute atomic E-state index is 0.0986. The summed E-state index contributed by atoms with van der Waals surface area (Å²) in [6, 6.07) is 0. The second-order valence-corrected chi connectivity index (χ2v) is 8.05. The number of esters is 1. The molecule has 4 rings (SSSR count). The van der Waals surface area contributed by atoms with Crippen LogP contribution in [-0.2, 0) is 14.3 Å². The number of carbonyl (C=O) groups is 2. The highest BCUT2D eigenvalue weighted by atomic mass is 16.5. The molecule has 0 aliphatic heterocycles. The third kappa shape index (κ3) is 3.41. The average molecular weight is 321 g/mol. The van der Waals surface area contributed by atoms with E-state index in [1.165, 1.54) is 19.3 Å². The van der Waals surface area contributed by atoms with Gasteiger partial charge in [-0.15, -0.1) is 0 Å². The van der Waals surface area contributed by atoms with Crippen LogP contribution in [0.2, 0.25) is 0 Å². The summed E-state index contributed by atoms with van der Waals surface area (Å²) in [4.78, 5) is 27.0. The van der Waals surface area contributed by atoms with Crippen molar-refractivity contribution in [3.05, 3.63) is 0 Å². The van der Waals surface area contributed by atoms with E-state index in [1.807, 2.05) is 11.8 Å². The van der Waals surface area contributed by atoms with Crippen LogP contribution < -0.4 is 0 Å². The van der Waals surface area contributed by atoms with Gasteiger partial charge >= 0.3 is 5.97 Å². The van der Waals surface area contributed by atoms with Crippen molar-refractivity contribution in [3.63, 3.8) is 0 Å². The molecule has 4 heteroatoms. The minimum atomic E-state index is -0.188. The third-order valence-corrected chi connectivity index (χ3v) is 6.16. The van der Waals surface area contributed by atoms with E-state index in [1.54, 1.807) is 0 Å². The summed E-state index contributed by atoms with van der Waals surface area (Å²) < 4.78 is 5.02. The molecule has 4 aliphatic carbocycles. The summed E-state index contributed by atoms with van der Waals surface area (Å²) in [6.45, 7) is 5.62. The molecule has 4 nitrogen and oxygen atoms in total. The number of carbonyl (C=O) groups excluding carboxylic acids is 2. The maximum Gasteiger partial charge on any atom is 0.307 e. The number of ether oxygens (including phenoxy) is 1. The van der Waals surface area contributed by atoms with Crippen LogP contribution in [0.5, 0.6) is 0 Å². The normalized spacial score (nSPS) is 34.4. The molecule has 130 valence electrons. The van der Waals surface area contributed by atoms with E-state index in [4.69, 9.17) is 4.74 Å². The van der Waals surface area contributed by atoms with E-state index in [0.717, 1.165) is 50.0 Å². The van der Waals surface area contributed by atoms with E-state index < -0.39 is 0 Å². The van der Waals surface area contributed by atoms with E-state index in [0.29, 0.717) is 25.5 Å². The molecular weight excluding hydrogens is 290 g/mol. The Morgan fingerprint density at radius 3 is 2.04 bits per heavy atom. The molecule has 23 heavy (non-hydrogen) atoms. The van der Waals surface area contributed by atoms with Crippen LogP contribution in [0.25, 0.3) is 0 Å². The first-order valence-corrected chi connectivity index (χ1v) is 9.51. The number of rotatable bonds is 7. The molecular formula is C19H31NO3. The molecule has 0 atom stereocenters. The Kier molecular flexibility index (Phi) is 4.98. The highest BCUT2D eigenvalue weighted by Gasteiger charge is 2.55. The molecule has 0 spiro atoms. The molecule has 0 aromatic heterocycles. The maximum atomic E-state index is 13.3. The average Bonchev–Trinajstić information content (AvgIpc) is 2.49. The first-order valence-electron chi connectivity index (χ1n) is 9.51. The van der Waals surface area contributed by atoms with Gasteiger partial charge in [-0.1, -0.05) is 6.92 Å². The summed E-state index contributed by atoms with van der Waals surface area (Å²) in [6.07, 6.45) is 8.61. The summed E-state index contributed by atoms with van der Waals surface area (Å²) in [7, 11) is 0. The van der Waals surface area contributed by atoms with Crippen LogP contribution in [0.3, 0.4) is 0 Å². The van der Waals surface area contributed by atoms with Crippen LogP contribution in [0.4, 0.5) is 0 Å². The number of hydrogen-bond donors (Lipinski definition) is 0. The lowest BCUT2D eigenvalue weighted by atomic mass is 9.49. The monoisotopic (exact) mass is 321 g/mol. The predicted molar refractivity (Wildman–Crippen MR) is 88.7 cm³/mol. The number of amides is 1. The fourth-order valence-corrected chi connectivity index (χ4v) is 5.75. The van der Waals surface area contributed by atoms with E-state index in [9.17, 15) is 9.59 Å². The largest absolute Gasteiger partial charge is 0.466 e. The van der Waals surface area contributed by atoms with Crippen molar-refractivity contribution in [2.45, 2.75) is 65.2 Å². The van der Waals surface area contributed by atoms with Crippen LogP contribution in [-0.4, -0.2) is 36.5 Å². The molecule has 0 unspecified atom stereocenters. The van der Waals surface area contributed by atoms with Crippen molar-refractivity contribution in [2.75, 3.05) is 19.7 Å². The zero-order valence-corrected chi connectivity index (χ0v) is 14.7. The maximum absolute atomic E-state index is 13.3. The van der Waals surface area contributed by atoms with Gasteiger partial charge in [-0.2, -0.15) is 0 Å². The van der Waals surface area contributed by atoms with Crippen LogP contribution in [0.1, 0.15) is 65.2 Å². The molecule has 0 N–H and O–H groups in total. The first kappa shape index (κ1) is 16.8. The first-order chi connectivity index (χ1) is 11.1. The van der Waals surface area contributed by atoms with Crippen LogP contribution in [0, 0.1) is 23.2 Å². The molecule has 1 amide bonds. The predicted octanol–water partition coefficient (Wildman–Crippen LogP) is 3.39. The van der Waals surface area contributed by atoms with Crippen LogP contribution in [0.15, 0.2) is 0 Å². The Morgan fingerprint density at radius 1 is 1.00 bits per heavy atom. The van der Waals surface area contributed by atoms with Crippen molar-refractivity contribution >= 4 is 11.9 Å². The van der Waals surface area contributed by atoms with Crippen molar-refractivity contribution in [2.24, 2.45) is 23.2 Å². The molecule has 0 radical (unpaired) electrons. The summed E-state index contributed by atoms with van der Waals surface area (Å²) in [5.41, 5.74) is -0.0986. The smallest absolute Gasteiger partial charge is 0.307 e. The Balaban J connectivity index is 1.67. The Morgan fingerprint density at radius 2 is 1.57 bits per heavy atom. The van der Waals surface area contributed by atoms with Crippen molar-refractivity contribution in [3.8, 4) is 0 Å². The fraction of sp³-hybridized carbons (Fsp3) is 0.895. The second-order valence-electron chi connectivity index (χ2n) is 8.05. The SMILES string of the molecule is CCCN(CCC(=O)OCC)C(=O)C12CC3CC(CC(C3)C1)C2. The molecule has 4 fully saturated rings. The molecule has 0 aromatic carbocycles. The number of nitrogens with zero attached hydrogens (tertiary/aromatic N) is 1. The van der Waals surface area contributed by atoms with Crippen molar-refractivity contribution in [1.82, 2.24) is 4.90 Å². The second kappa shape index (κ2) is 6.82. The molecule has 0 heterocycles. The van der Waals surface area contributed by atoms with E-state index in [2.05, 4.69) is 6.92 Å². The lowest BCUT2D eigenvalue weighted by molar-refractivity contribution is -0.158. The van der Waals surface area contributed by atoms with Gasteiger partial charge in [-0.25, -0.2) is 0 Å². The Hall–Kier alpha value is -1.06. The Labute approximate surface area is 139 Å². The van der Waals surface area contributed by atoms with Gasteiger partial charge in [-0.05, 0) is 69.6 Å². The van der Waals surface area contributed by atoms with Gasteiger partial charge in [0.05, 0.1) is 18.4 Å². The lowest BCUT2D eigenvalue weighted by Gasteiger charge is -2.56. The van der Waals surface area contributed by atoms with Gasteiger partial charge in [-0.3, -0.25) is 9.59 Å². The van der Waals surface area contributed by atoms with Crippen LogP contribution >= 0.6 is 0 Å². The van der Waals surface area contributed by atoms with Gasteiger partial charge in [0.25, 0.3) is 0 Å². The van der Waals surface area contributed by atoms with Gasteiger partial charge in [0, 0.05) is 13.1 Å². The summed E-state index contributed by atoms with van der Waals surface area (Å²) >= 11 is 0. The van der Waals surface area contributed by atoms with Gasteiger partial charge in [0.15, 0.2) is 0 Å². The van der Waals surface area contributed by atoms with Crippen molar-refractivity contribution in [1.29, 1.82) is 0 Å². The zero-order chi connectivity index (χ0) is 16.4. The van der Waals surface area contributed by atoms with E-state index in [-0.39, 0.29) is 11.4 Å². The summed E-state index contributed by atoms with van der Waals surface area (Å²) in [5.74, 6) is 2.48. The number of hydrogen-bond acceptors (Lipinski definition) is 3. The molecule has 0 aromatic rings. The van der Waals surface area contributed by atoms with Gasteiger partial charge in [0.2, 0.25) is 5.91 Å². The lowest BCUT2D eigenvalue weighted by Crippen LogP contribution is -2.55.